The Balaban J connectivity index is 0.00000272. The van der Waals surface area contributed by atoms with Crippen LogP contribution in [0.15, 0.2) is 109 Å². The van der Waals surface area contributed by atoms with E-state index >= 15 is 0 Å². The molecule has 4 aromatic carbocycles. The van der Waals surface area contributed by atoms with E-state index in [1.165, 1.54) is 21.2 Å². The number of hydrogen-bond acceptors (Lipinski definition) is 0. The third-order valence-electron chi connectivity index (χ3n) is 4.97. The van der Waals surface area contributed by atoms with Crippen molar-refractivity contribution in [3.63, 3.8) is 0 Å². The molecule has 0 N–H and O–H groups in total. The van der Waals surface area contributed by atoms with Crippen LogP contribution in [0, 0.1) is 0 Å². The molecule has 1 radical (unpaired) electrons. The van der Waals surface area contributed by atoms with Gasteiger partial charge in [0.1, 0.15) is 0 Å². The maximum atomic E-state index is 6.68. The van der Waals surface area contributed by atoms with E-state index < -0.39 is 15.8 Å². The first-order chi connectivity index (χ1) is 14.7. The smallest absolute Gasteiger partial charge is 0.0827 e. The van der Waals surface area contributed by atoms with Crippen molar-refractivity contribution in [3.8, 4) is 0 Å². The van der Waals surface area contributed by atoms with Gasteiger partial charge in [0.15, 0.2) is 0 Å². The molecule has 1 unspecified atom stereocenters. The van der Waals surface area contributed by atoms with Crippen molar-refractivity contribution in [3.05, 3.63) is 119 Å². The molecular weight excluding hydrogens is 504 g/mol. The Hall–Kier alpha value is -1.17. The minimum Gasteiger partial charge on any atom is -0.0827 e. The van der Waals surface area contributed by atoms with Gasteiger partial charge in [-0.1, -0.05) is 126 Å². The molecule has 0 aliphatic rings. The Labute approximate surface area is 207 Å². The molecule has 31 heavy (non-hydrogen) atoms. The Bertz CT molecular complexity index is 1040. The summed E-state index contributed by atoms with van der Waals surface area (Å²) in [4.78, 5) is 0. The summed E-state index contributed by atoms with van der Waals surface area (Å²) in [5.74, 6) is 0. The second-order valence-electron chi connectivity index (χ2n) is 6.88. The van der Waals surface area contributed by atoms with Crippen LogP contribution in [0.5, 0.6) is 0 Å². The van der Waals surface area contributed by atoms with Crippen molar-refractivity contribution in [1.29, 1.82) is 0 Å². The maximum Gasteiger partial charge on any atom is 2.00 e. The van der Waals surface area contributed by atoms with Gasteiger partial charge in [0.25, 0.3) is 0 Å². The topological polar surface area (TPSA) is 0 Å². The van der Waals surface area contributed by atoms with Crippen LogP contribution in [0.3, 0.4) is 0 Å². The van der Waals surface area contributed by atoms with Gasteiger partial charge in [0.2, 0.25) is 0 Å². The zero-order valence-corrected chi connectivity index (χ0v) is 21.1. The largest absolute Gasteiger partial charge is 2.00 e. The third-order valence-corrected chi connectivity index (χ3v) is 11.3. The number of hydrogen-bond donors (Lipinski definition) is 0. The monoisotopic (exact) mass is 525 g/mol. The van der Waals surface area contributed by atoms with Crippen molar-refractivity contribution < 1.29 is 16.8 Å². The fourth-order valence-corrected chi connectivity index (χ4v) is 9.60. The fraction of sp³-hybridized carbons (Fsp3) is 0.0769. The van der Waals surface area contributed by atoms with Gasteiger partial charge >= 0.3 is 16.8 Å². The van der Waals surface area contributed by atoms with Gasteiger partial charge in [-0.25, -0.2) is 0 Å². The first kappa shape index (κ1) is 24.5. The van der Waals surface area contributed by atoms with E-state index in [2.05, 4.69) is 97.1 Å². The molecule has 0 saturated heterocycles. The maximum absolute atomic E-state index is 6.68. The summed E-state index contributed by atoms with van der Waals surface area (Å²) in [6.07, 6.45) is 2.17. The van der Waals surface area contributed by atoms with Gasteiger partial charge in [0.05, 0.1) is 10.0 Å². The molecule has 0 aliphatic heterocycles. The first-order valence-corrected chi connectivity index (χ1v) is 13.7. The Morgan fingerprint density at radius 2 is 0.903 bits per heavy atom. The summed E-state index contributed by atoms with van der Waals surface area (Å²) >= 11 is 13.1. The molecule has 157 valence electrons. The first-order valence-electron chi connectivity index (χ1n) is 9.88. The average molecular weight is 526 g/mol. The van der Waals surface area contributed by atoms with Crippen LogP contribution >= 0.6 is 39.0 Å². The zero-order chi connectivity index (χ0) is 20.8. The predicted molar refractivity (Wildman–Crippen MR) is 138 cm³/mol. The predicted octanol–water partition coefficient (Wildman–Crippen LogP) is 6.56. The molecule has 0 saturated carbocycles. The van der Waals surface area contributed by atoms with Gasteiger partial charge in [-0.05, 0) is 50.1 Å². The van der Waals surface area contributed by atoms with E-state index in [9.17, 15) is 0 Å². The van der Waals surface area contributed by atoms with E-state index in [4.69, 9.17) is 23.2 Å². The molecule has 0 heterocycles. The molecule has 0 fully saturated rings. The molecule has 0 amide bonds. The fourth-order valence-electron chi connectivity index (χ4n) is 3.52. The quantitative estimate of drug-likeness (QED) is 0.240. The van der Waals surface area contributed by atoms with Crippen LogP contribution < -0.4 is 21.2 Å². The van der Waals surface area contributed by atoms with Crippen molar-refractivity contribution in [2.75, 3.05) is 12.3 Å². The summed E-state index contributed by atoms with van der Waals surface area (Å²) in [6, 6.07) is 38.5. The second-order valence-corrected chi connectivity index (χ2v) is 12.3. The average Bonchev–Trinajstić information content (AvgIpc) is 2.81. The van der Waals surface area contributed by atoms with Gasteiger partial charge in [-0.3, -0.25) is 0 Å². The van der Waals surface area contributed by atoms with Gasteiger partial charge in [-0.2, -0.15) is 0 Å². The van der Waals surface area contributed by atoms with Crippen molar-refractivity contribution in [1.82, 2.24) is 0 Å². The number of halogens is 2. The molecule has 0 spiro atoms. The Morgan fingerprint density at radius 1 is 0.484 bits per heavy atom. The third kappa shape index (κ3) is 6.20. The van der Waals surface area contributed by atoms with E-state index in [-0.39, 0.29) is 16.8 Å². The van der Waals surface area contributed by atoms with Crippen molar-refractivity contribution >= 4 is 60.3 Å². The number of rotatable bonds is 7. The summed E-state index contributed by atoms with van der Waals surface area (Å²) in [7, 11) is -1.04. The Kier molecular flexibility index (Phi) is 9.61. The van der Waals surface area contributed by atoms with Crippen molar-refractivity contribution in [2.45, 2.75) is 0 Å². The van der Waals surface area contributed by atoms with Gasteiger partial charge < -0.3 is 0 Å². The molecule has 4 rings (SSSR count). The normalized spacial score (nSPS) is 11.7. The summed E-state index contributed by atoms with van der Waals surface area (Å²) in [5, 5.41) is 6.66. The number of benzene rings is 4. The molecule has 0 nitrogen and oxygen atoms in total. The molecule has 1 atom stereocenters. The summed E-state index contributed by atoms with van der Waals surface area (Å²) < 4.78 is 0. The van der Waals surface area contributed by atoms with Crippen LogP contribution in [0.25, 0.3) is 0 Å². The van der Waals surface area contributed by atoms with Gasteiger partial charge in [0, 0.05) is 5.30 Å². The van der Waals surface area contributed by atoms with Crippen LogP contribution in [-0.4, -0.2) is 12.3 Å². The molecule has 0 aromatic heterocycles. The molecular formula is C26H22Cl2CoP2+2. The minimum atomic E-state index is -0.601. The van der Waals surface area contributed by atoms with Crippen LogP contribution in [0.2, 0.25) is 10.0 Å². The SMILES string of the molecule is Clc1cccc(P(CCP(c2ccccc2)c2ccccc2)c2ccccc2)c1Cl.[Co+2]. The minimum absolute atomic E-state index is 0. The van der Waals surface area contributed by atoms with E-state index in [0.717, 1.165) is 12.3 Å². The standard InChI is InChI=1S/C26H22Cl2P2.Co/c27-24-17-10-18-25(26(24)28)30(23-15-8-3-9-16-23)20-19-29(21-11-4-1-5-12-21)22-13-6-2-7-14-22;/h1-18H,19-20H2;/q;+2. The molecule has 0 bridgehead atoms. The van der Waals surface area contributed by atoms with Gasteiger partial charge in [-0.15, -0.1) is 0 Å². The Morgan fingerprint density at radius 3 is 1.39 bits per heavy atom. The summed E-state index contributed by atoms with van der Waals surface area (Å²) in [6.45, 7) is 0. The summed E-state index contributed by atoms with van der Waals surface area (Å²) in [5.41, 5.74) is 0. The van der Waals surface area contributed by atoms with E-state index in [0.29, 0.717) is 10.0 Å². The molecule has 5 heteroatoms. The zero-order valence-electron chi connectivity index (χ0n) is 16.8. The molecule has 4 aromatic rings. The van der Waals surface area contributed by atoms with Crippen LogP contribution in [-0.2, 0) is 16.8 Å². The van der Waals surface area contributed by atoms with Crippen LogP contribution in [0.1, 0.15) is 0 Å². The van der Waals surface area contributed by atoms with Crippen molar-refractivity contribution in [2.24, 2.45) is 0 Å². The van der Waals surface area contributed by atoms with Crippen LogP contribution in [0.4, 0.5) is 0 Å². The molecule has 0 aliphatic carbocycles. The van der Waals surface area contributed by atoms with E-state index in [1.54, 1.807) is 0 Å². The van der Waals surface area contributed by atoms with E-state index in [1.807, 2.05) is 12.1 Å². The second kappa shape index (κ2) is 12.2.